The number of likely N-dealkylation sites (N-methyl/N-ethyl adjacent to an activating group) is 1. The first-order valence-corrected chi connectivity index (χ1v) is 8.32. The molecule has 7 heteroatoms. The van der Waals surface area contributed by atoms with E-state index >= 15 is 0 Å². The Balaban J connectivity index is 1.58. The van der Waals surface area contributed by atoms with E-state index < -0.39 is 6.17 Å². The average molecular weight is 321 g/mol. The molecular formula is C15H20FN5S. The van der Waals surface area contributed by atoms with Crippen LogP contribution in [0.5, 0.6) is 0 Å². The highest BCUT2D eigenvalue weighted by atomic mass is 32.1. The van der Waals surface area contributed by atoms with Gasteiger partial charge in [0.1, 0.15) is 12.5 Å². The Labute approximate surface area is 133 Å². The van der Waals surface area contributed by atoms with Crippen molar-refractivity contribution in [2.24, 2.45) is 0 Å². The Hall–Kier alpha value is -1.44. The molecule has 0 unspecified atom stereocenters. The first-order valence-electron chi connectivity index (χ1n) is 7.38. The summed E-state index contributed by atoms with van der Waals surface area (Å²) < 4.78 is 13.9. The zero-order chi connectivity index (χ0) is 15.4. The molecule has 2 aromatic rings. The highest BCUT2D eigenvalue weighted by Crippen LogP contribution is 2.23. The fourth-order valence-electron chi connectivity index (χ4n) is 2.97. The van der Waals surface area contributed by atoms with Crippen molar-refractivity contribution in [1.29, 1.82) is 0 Å². The minimum atomic E-state index is -0.748. The van der Waals surface area contributed by atoms with E-state index in [0.717, 1.165) is 24.3 Å². The van der Waals surface area contributed by atoms with Crippen LogP contribution in [-0.2, 0) is 13.1 Å². The van der Waals surface area contributed by atoms with Crippen molar-refractivity contribution >= 4 is 11.3 Å². The van der Waals surface area contributed by atoms with E-state index in [1.807, 2.05) is 5.51 Å². The molecule has 0 spiro atoms. The van der Waals surface area contributed by atoms with Gasteiger partial charge in [0.15, 0.2) is 0 Å². The summed E-state index contributed by atoms with van der Waals surface area (Å²) in [5.74, 6) is 0. The van der Waals surface area contributed by atoms with Gasteiger partial charge in [-0.3, -0.25) is 9.80 Å². The summed E-state index contributed by atoms with van der Waals surface area (Å²) in [5.41, 5.74) is 3.95. The van der Waals surface area contributed by atoms with Gasteiger partial charge in [-0.1, -0.05) is 0 Å². The van der Waals surface area contributed by atoms with Crippen molar-refractivity contribution in [2.45, 2.75) is 31.7 Å². The topological polar surface area (TPSA) is 45.2 Å². The molecule has 118 valence electrons. The van der Waals surface area contributed by atoms with Gasteiger partial charge in [0, 0.05) is 55.6 Å². The minimum Gasteiger partial charge on any atom is -0.299 e. The lowest BCUT2D eigenvalue weighted by Crippen LogP contribution is -2.38. The van der Waals surface area contributed by atoms with E-state index in [4.69, 9.17) is 0 Å². The van der Waals surface area contributed by atoms with Crippen LogP contribution in [0.15, 0.2) is 29.6 Å². The Morgan fingerprint density at radius 3 is 2.95 bits per heavy atom. The standard InChI is InChI=1S/C15H20FN5S/c1-20(7-14-9-22-11-19-14)8-15-2-13(16)6-21(15)5-12-3-17-10-18-4-12/h3-4,9-11,13,15H,2,5-8H2,1H3/t13-,15-/m0/s1. The van der Waals surface area contributed by atoms with E-state index in [0.29, 0.717) is 19.5 Å². The van der Waals surface area contributed by atoms with Crippen LogP contribution in [0.1, 0.15) is 17.7 Å². The first kappa shape index (κ1) is 15.5. The van der Waals surface area contributed by atoms with Gasteiger partial charge in [0.25, 0.3) is 0 Å². The summed E-state index contributed by atoms with van der Waals surface area (Å²) in [6.45, 7) is 2.84. The minimum absolute atomic E-state index is 0.221. The molecule has 0 bridgehead atoms. The molecule has 2 aromatic heterocycles. The monoisotopic (exact) mass is 321 g/mol. The van der Waals surface area contributed by atoms with Gasteiger partial charge >= 0.3 is 0 Å². The van der Waals surface area contributed by atoms with Crippen molar-refractivity contribution in [3.8, 4) is 0 Å². The van der Waals surface area contributed by atoms with Crippen LogP contribution < -0.4 is 0 Å². The maximum absolute atomic E-state index is 13.9. The van der Waals surface area contributed by atoms with Crippen molar-refractivity contribution in [3.63, 3.8) is 0 Å². The number of likely N-dealkylation sites (tertiary alicyclic amines) is 1. The fourth-order valence-corrected chi connectivity index (χ4v) is 3.52. The highest BCUT2D eigenvalue weighted by Gasteiger charge is 2.32. The second-order valence-electron chi connectivity index (χ2n) is 5.84. The Kier molecular flexibility index (Phi) is 5.07. The lowest BCUT2D eigenvalue weighted by atomic mass is 10.2. The highest BCUT2D eigenvalue weighted by molar-refractivity contribution is 7.07. The molecule has 0 aliphatic carbocycles. The van der Waals surface area contributed by atoms with Crippen LogP contribution in [0, 0.1) is 0 Å². The van der Waals surface area contributed by atoms with Gasteiger partial charge in [-0.25, -0.2) is 19.3 Å². The second-order valence-corrected chi connectivity index (χ2v) is 6.56. The predicted octanol–water partition coefficient (Wildman–Crippen LogP) is 1.98. The second kappa shape index (κ2) is 7.21. The third kappa shape index (κ3) is 4.06. The smallest absolute Gasteiger partial charge is 0.115 e. The number of rotatable bonds is 6. The summed E-state index contributed by atoms with van der Waals surface area (Å²) in [6, 6.07) is 0.221. The van der Waals surface area contributed by atoms with E-state index in [9.17, 15) is 4.39 Å². The zero-order valence-electron chi connectivity index (χ0n) is 12.6. The number of hydrogen-bond acceptors (Lipinski definition) is 6. The van der Waals surface area contributed by atoms with Crippen molar-refractivity contribution in [1.82, 2.24) is 24.8 Å². The van der Waals surface area contributed by atoms with Crippen molar-refractivity contribution in [2.75, 3.05) is 20.1 Å². The molecule has 1 saturated heterocycles. The van der Waals surface area contributed by atoms with E-state index in [1.54, 1.807) is 23.7 Å². The van der Waals surface area contributed by atoms with E-state index in [2.05, 4.69) is 37.2 Å². The van der Waals surface area contributed by atoms with Gasteiger partial charge < -0.3 is 0 Å². The molecule has 3 heterocycles. The molecule has 0 radical (unpaired) electrons. The van der Waals surface area contributed by atoms with Gasteiger partial charge in [-0.15, -0.1) is 11.3 Å². The molecular weight excluding hydrogens is 301 g/mol. The Bertz CT molecular complexity index is 565. The molecule has 1 aliphatic rings. The van der Waals surface area contributed by atoms with Crippen LogP contribution in [-0.4, -0.2) is 57.1 Å². The number of hydrogen-bond donors (Lipinski definition) is 0. The van der Waals surface area contributed by atoms with Crippen LogP contribution in [0.2, 0.25) is 0 Å². The number of alkyl halides is 1. The number of thiazole rings is 1. The lowest BCUT2D eigenvalue weighted by Gasteiger charge is -2.27. The number of aromatic nitrogens is 3. The molecule has 22 heavy (non-hydrogen) atoms. The molecule has 0 amide bonds. The predicted molar refractivity (Wildman–Crippen MR) is 84.2 cm³/mol. The van der Waals surface area contributed by atoms with Crippen molar-refractivity contribution < 1.29 is 4.39 Å². The normalized spacial score (nSPS) is 22.5. The van der Waals surface area contributed by atoms with Crippen LogP contribution in [0.3, 0.4) is 0 Å². The Morgan fingerprint density at radius 1 is 1.41 bits per heavy atom. The summed E-state index contributed by atoms with van der Waals surface area (Å²) in [7, 11) is 2.06. The Morgan fingerprint density at radius 2 is 2.23 bits per heavy atom. The number of halogens is 1. The summed E-state index contributed by atoms with van der Waals surface area (Å²) in [6.07, 6.45) is 4.96. The molecule has 0 saturated carbocycles. The quantitative estimate of drug-likeness (QED) is 0.814. The summed E-state index contributed by atoms with van der Waals surface area (Å²) >= 11 is 1.60. The fraction of sp³-hybridized carbons (Fsp3) is 0.533. The molecule has 0 N–H and O–H groups in total. The van der Waals surface area contributed by atoms with Gasteiger partial charge in [0.2, 0.25) is 0 Å². The molecule has 3 rings (SSSR count). The lowest BCUT2D eigenvalue weighted by molar-refractivity contribution is 0.179. The van der Waals surface area contributed by atoms with Crippen LogP contribution in [0.25, 0.3) is 0 Å². The zero-order valence-corrected chi connectivity index (χ0v) is 13.4. The average Bonchev–Trinajstić information content (AvgIpc) is 3.10. The summed E-state index contributed by atoms with van der Waals surface area (Å²) in [5, 5.41) is 2.06. The molecule has 2 atom stereocenters. The van der Waals surface area contributed by atoms with Crippen molar-refractivity contribution in [3.05, 3.63) is 40.9 Å². The van der Waals surface area contributed by atoms with E-state index in [-0.39, 0.29) is 6.04 Å². The third-order valence-corrected chi connectivity index (χ3v) is 4.55. The molecule has 5 nitrogen and oxygen atoms in total. The van der Waals surface area contributed by atoms with Crippen LogP contribution >= 0.6 is 11.3 Å². The van der Waals surface area contributed by atoms with E-state index in [1.165, 1.54) is 6.33 Å². The molecule has 1 fully saturated rings. The maximum atomic E-state index is 13.9. The number of nitrogens with zero attached hydrogens (tertiary/aromatic N) is 5. The molecule has 1 aliphatic heterocycles. The SMILES string of the molecule is CN(Cc1cscn1)C[C@@H]1C[C@H](F)CN1Cc1cncnc1. The van der Waals surface area contributed by atoms with Gasteiger partial charge in [0.05, 0.1) is 11.2 Å². The third-order valence-electron chi connectivity index (χ3n) is 3.91. The van der Waals surface area contributed by atoms with Gasteiger partial charge in [-0.05, 0) is 13.5 Å². The van der Waals surface area contributed by atoms with Crippen LogP contribution in [0.4, 0.5) is 4.39 Å². The first-order chi connectivity index (χ1) is 10.7. The molecule has 0 aromatic carbocycles. The maximum Gasteiger partial charge on any atom is 0.115 e. The summed E-state index contributed by atoms with van der Waals surface area (Å²) in [4.78, 5) is 16.8. The van der Waals surface area contributed by atoms with Gasteiger partial charge in [-0.2, -0.15) is 0 Å². The largest absolute Gasteiger partial charge is 0.299 e.